The summed E-state index contributed by atoms with van der Waals surface area (Å²) >= 11 is 0. The third-order valence-corrected chi connectivity index (χ3v) is 3.15. The average Bonchev–Trinajstić information content (AvgIpc) is 2.41. The third kappa shape index (κ3) is 2.48. The van der Waals surface area contributed by atoms with E-state index in [4.69, 9.17) is 0 Å². The lowest BCUT2D eigenvalue weighted by atomic mass is 9.92. The summed E-state index contributed by atoms with van der Waals surface area (Å²) in [6.45, 7) is 3.53. The van der Waals surface area contributed by atoms with E-state index in [9.17, 15) is 9.18 Å². The predicted molar refractivity (Wildman–Crippen MR) is 70.3 cm³/mol. The fourth-order valence-electron chi connectivity index (χ4n) is 1.89. The molecular weight excluding hydrogens is 227 g/mol. The van der Waals surface area contributed by atoms with Gasteiger partial charge in [-0.2, -0.15) is 0 Å². The summed E-state index contributed by atoms with van der Waals surface area (Å²) in [5, 5.41) is 0. The molecule has 1 unspecified atom stereocenters. The summed E-state index contributed by atoms with van der Waals surface area (Å²) in [4.78, 5) is 12.2. The van der Waals surface area contributed by atoms with Gasteiger partial charge in [0, 0.05) is 11.5 Å². The van der Waals surface area contributed by atoms with E-state index in [-0.39, 0.29) is 17.5 Å². The maximum absolute atomic E-state index is 13.5. The van der Waals surface area contributed by atoms with Gasteiger partial charge in [-0.15, -0.1) is 0 Å². The zero-order valence-electron chi connectivity index (χ0n) is 10.5. The number of carbonyl (C=O) groups is 1. The van der Waals surface area contributed by atoms with Crippen LogP contribution in [0.2, 0.25) is 0 Å². The molecule has 0 N–H and O–H groups in total. The van der Waals surface area contributed by atoms with Gasteiger partial charge in [0.1, 0.15) is 5.82 Å². The second kappa shape index (κ2) is 5.13. The molecule has 0 radical (unpaired) electrons. The van der Waals surface area contributed by atoms with Gasteiger partial charge in [0.15, 0.2) is 5.78 Å². The molecule has 2 aromatic rings. The Balaban J connectivity index is 2.29. The molecule has 0 saturated carbocycles. The molecule has 0 amide bonds. The number of benzene rings is 2. The topological polar surface area (TPSA) is 17.1 Å². The van der Waals surface area contributed by atoms with Gasteiger partial charge < -0.3 is 0 Å². The highest BCUT2D eigenvalue weighted by atomic mass is 19.1. The Hall–Kier alpha value is -1.96. The molecule has 0 spiro atoms. The van der Waals surface area contributed by atoms with Crippen LogP contribution < -0.4 is 0 Å². The van der Waals surface area contributed by atoms with Crippen LogP contribution in [0.4, 0.5) is 4.39 Å². The molecule has 1 nitrogen and oxygen atoms in total. The number of hydrogen-bond acceptors (Lipinski definition) is 1. The predicted octanol–water partition coefficient (Wildman–Crippen LogP) is 4.12. The van der Waals surface area contributed by atoms with E-state index in [1.54, 1.807) is 19.1 Å². The van der Waals surface area contributed by atoms with Crippen molar-refractivity contribution < 1.29 is 9.18 Å². The maximum atomic E-state index is 13.5. The lowest BCUT2D eigenvalue weighted by Gasteiger charge is -2.11. The van der Waals surface area contributed by atoms with Crippen molar-refractivity contribution in [3.05, 3.63) is 71.0 Å². The quantitative estimate of drug-likeness (QED) is 0.740. The Morgan fingerprint density at radius 2 is 1.78 bits per heavy atom. The number of rotatable bonds is 3. The fraction of sp³-hybridized carbons (Fsp3) is 0.188. The fourth-order valence-corrected chi connectivity index (χ4v) is 1.89. The molecule has 2 rings (SSSR count). The van der Waals surface area contributed by atoms with Gasteiger partial charge in [-0.1, -0.05) is 49.4 Å². The van der Waals surface area contributed by atoms with Crippen LogP contribution in [0.5, 0.6) is 0 Å². The molecule has 0 aromatic heterocycles. The van der Waals surface area contributed by atoms with Crippen LogP contribution >= 0.6 is 0 Å². The van der Waals surface area contributed by atoms with Gasteiger partial charge in [-0.05, 0) is 24.1 Å². The number of hydrogen-bond donors (Lipinski definition) is 0. The summed E-state index contributed by atoms with van der Waals surface area (Å²) in [7, 11) is 0. The van der Waals surface area contributed by atoms with Crippen molar-refractivity contribution in [3.8, 4) is 0 Å². The average molecular weight is 242 g/mol. The van der Waals surface area contributed by atoms with E-state index < -0.39 is 0 Å². The highest BCUT2D eigenvalue weighted by Gasteiger charge is 2.17. The van der Waals surface area contributed by atoms with E-state index >= 15 is 0 Å². The van der Waals surface area contributed by atoms with Gasteiger partial charge in [-0.25, -0.2) is 4.39 Å². The molecule has 1 atom stereocenters. The standard InChI is InChI=1S/C16H15FO/c1-11-8-9-14(10-15(11)17)16(18)12(2)13-6-4-3-5-7-13/h3-10,12H,1-2H3. The Labute approximate surface area is 106 Å². The minimum absolute atomic E-state index is 0.0555. The minimum Gasteiger partial charge on any atom is -0.294 e. The highest BCUT2D eigenvalue weighted by molar-refractivity contribution is 6.00. The van der Waals surface area contributed by atoms with Crippen molar-refractivity contribution in [1.82, 2.24) is 0 Å². The number of aryl methyl sites for hydroxylation is 1. The highest BCUT2D eigenvalue weighted by Crippen LogP contribution is 2.21. The first kappa shape index (κ1) is 12.5. The molecule has 18 heavy (non-hydrogen) atoms. The van der Waals surface area contributed by atoms with Gasteiger partial charge in [-0.3, -0.25) is 4.79 Å². The van der Waals surface area contributed by atoms with Crippen molar-refractivity contribution in [2.75, 3.05) is 0 Å². The van der Waals surface area contributed by atoms with E-state index in [0.29, 0.717) is 11.1 Å². The zero-order chi connectivity index (χ0) is 13.1. The Bertz CT molecular complexity index is 561. The molecular formula is C16H15FO. The summed E-state index contributed by atoms with van der Waals surface area (Å²) in [5.41, 5.74) is 1.93. The van der Waals surface area contributed by atoms with Crippen molar-refractivity contribution >= 4 is 5.78 Å². The first-order chi connectivity index (χ1) is 8.59. The Morgan fingerprint density at radius 3 is 2.39 bits per heavy atom. The second-order valence-corrected chi connectivity index (χ2v) is 4.46. The summed E-state index contributed by atoms with van der Waals surface area (Å²) in [6, 6.07) is 14.2. The van der Waals surface area contributed by atoms with Crippen LogP contribution in [-0.4, -0.2) is 5.78 Å². The van der Waals surface area contributed by atoms with E-state index in [0.717, 1.165) is 5.56 Å². The van der Waals surface area contributed by atoms with Crippen LogP contribution in [0.25, 0.3) is 0 Å². The molecule has 0 heterocycles. The summed E-state index contributed by atoms with van der Waals surface area (Å²) < 4.78 is 13.5. The normalized spacial score (nSPS) is 12.2. The summed E-state index contributed by atoms with van der Waals surface area (Å²) in [5.74, 6) is -0.644. The van der Waals surface area contributed by atoms with Crippen LogP contribution in [0.15, 0.2) is 48.5 Å². The van der Waals surface area contributed by atoms with E-state index in [1.165, 1.54) is 6.07 Å². The van der Waals surface area contributed by atoms with Crippen LogP contribution in [-0.2, 0) is 0 Å². The van der Waals surface area contributed by atoms with E-state index in [1.807, 2.05) is 37.3 Å². The smallest absolute Gasteiger partial charge is 0.170 e. The monoisotopic (exact) mass is 242 g/mol. The van der Waals surface area contributed by atoms with Gasteiger partial charge in [0.05, 0.1) is 0 Å². The third-order valence-electron chi connectivity index (χ3n) is 3.15. The largest absolute Gasteiger partial charge is 0.294 e. The number of carbonyl (C=O) groups excluding carboxylic acids is 1. The molecule has 0 aliphatic heterocycles. The SMILES string of the molecule is Cc1ccc(C(=O)C(C)c2ccccc2)cc1F. The number of ketones is 1. The Kier molecular flexibility index (Phi) is 3.56. The van der Waals surface area contributed by atoms with Gasteiger partial charge >= 0.3 is 0 Å². The molecule has 0 fully saturated rings. The number of Topliss-reactive ketones (excluding diaryl/α,β-unsaturated/α-hetero) is 1. The molecule has 0 saturated heterocycles. The summed E-state index contributed by atoms with van der Waals surface area (Å²) in [6.07, 6.45) is 0. The van der Waals surface area contributed by atoms with Gasteiger partial charge in [0.2, 0.25) is 0 Å². The zero-order valence-corrected chi connectivity index (χ0v) is 10.5. The molecule has 0 aliphatic carbocycles. The second-order valence-electron chi connectivity index (χ2n) is 4.46. The molecule has 2 aromatic carbocycles. The van der Waals surface area contributed by atoms with Crippen molar-refractivity contribution in [3.63, 3.8) is 0 Å². The molecule has 2 heteroatoms. The first-order valence-electron chi connectivity index (χ1n) is 5.95. The molecule has 0 bridgehead atoms. The molecule has 0 aliphatic rings. The first-order valence-corrected chi connectivity index (χ1v) is 5.95. The lowest BCUT2D eigenvalue weighted by Crippen LogP contribution is -2.10. The van der Waals surface area contributed by atoms with Crippen LogP contribution in [0.3, 0.4) is 0 Å². The number of halogens is 1. The van der Waals surface area contributed by atoms with Crippen LogP contribution in [0.1, 0.15) is 34.3 Å². The van der Waals surface area contributed by atoms with Crippen molar-refractivity contribution in [2.24, 2.45) is 0 Å². The maximum Gasteiger partial charge on any atom is 0.170 e. The Morgan fingerprint density at radius 1 is 1.11 bits per heavy atom. The van der Waals surface area contributed by atoms with Crippen LogP contribution in [0, 0.1) is 12.7 Å². The minimum atomic E-state index is -0.332. The molecule has 92 valence electrons. The van der Waals surface area contributed by atoms with Crippen molar-refractivity contribution in [1.29, 1.82) is 0 Å². The van der Waals surface area contributed by atoms with E-state index in [2.05, 4.69) is 0 Å². The van der Waals surface area contributed by atoms with Crippen molar-refractivity contribution in [2.45, 2.75) is 19.8 Å². The lowest BCUT2D eigenvalue weighted by molar-refractivity contribution is 0.0965. The van der Waals surface area contributed by atoms with Gasteiger partial charge in [0.25, 0.3) is 0 Å².